The molecule has 150 valence electrons. The number of rotatable bonds is 4. The third-order valence-corrected chi connectivity index (χ3v) is 5.94. The van der Waals surface area contributed by atoms with Gasteiger partial charge in [0.15, 0.2) is 0 Å². The Morgan fingerprint density at radius 1 is 1.28 bits per heavy atom. The van der Waals surface area contributed by atoms with E-state index in [9.17, 15) is 4.79 Å². The Balaban J connectivity index is 1.53. The van der Waals surface area contributed by atoms with Crippen molar-refractivity contribution in [3.05, 3.63) is 74.5 Å². The van der Waals surface area contributed by atoms with Crippen LogP contribution in [0.2, 0.25) is 5.02 Å². The van der Waals surface area contributed by atoms with Crippen LogP contribution in [0.4, 0.5) is 0 Å². The van der Waals surface area contributed by atoms with Crippen LogP contribution in [-0.2, 0) is 11.2 Å². The van der Waals surface area contributed by atoms with Gasteiger partial charge in [0.05, 0.1) is 30.5 Å². The fourth-order valence-corrected chi connectivity index (χ4v) is 4.19. The Morgan fingerprint density at radius 3 is 2.79 bits per heavy atom. The van der Waals surface area contributed by atoms with Crippen molar-refractivity contribution in [2.75, 3.05) is 6.61 Å². The number of halogens is 2. The average molecular weight is 475 g/mol. The number of carbonyl (C=O) groups excluding carboxylic acids is 1. The van der Waals surface area contributed by atoms with E-state index in [4.69, 9.17) is 16.3 Å². The van der Waals surface area contributed by atoms with Gasteiger partial charge in [-0.05, 0) is 56.3 Å². The Bertz CT molecular complexity index is 1060. The molecule has 1 N–H and O–H groups in total. The summed E-state index contributed by atoms with van der Waals surface area (Å²) >= 11 is 9.49. The molecule has 0 saturated carbocycles. The van der Waals surface area contributed by atoms with Gasteiger partial charge in [0.2, 0.25) is 5.91 Å². The summed E-state index contributed by atoms with van der Waals surface area (Å²) in [4.78, 5) is 12.9. The zero-order valence-electron chi connectivity index (χ0n) is 16.2. The summed E-state index contributed by atoms with van der Waals surface area (Å²) in [6.07, 6.45) is 1.03. The molecule has 29 heavy (non-hydrogen) atoms. The lowest BCUT2D eigenvalue weighted by Crippen LogP contribution is -2.33. The van der Waals surface area contributed by atoms with Crippen molar-refractivity contribution in [1.29, 1.82) is 0 Å². The van der Waals surface area contributed by atoms with E-state index in [0.717, 1.165) is 44.8 Å². The van der Waals surface area contributed by atoms with E-state index < -0.39 is 0 Å². The SMILES string of the molecule is Cc1nn(-c2ccc(Cl)cc2)c(C)c1CC(=O)NC1CCOc2ccc(Br)cc21. The highest BCUT2D eigenvalue weighted by atomic mass is 79.9. The molecule has 1 amide bonds. The van der Waals surface area contributed by atoms with Crippen LogP contribution in [0, 0.1) is 13.8 Å². The number of hydrogen-bond donors (Lipinski definition) is 1. The van der Waals surface area contributed by atoms with Gasteiger partial charge in [-0.2, -0.15) is 5.10 Å². The molecule has 2 heterocycles. The molecule has 0 radical (unpaired) electrons. The van der Waals surface area contributed by atoms with Gasteiger partial charge in [-0.1, -0.05) is 27.5 Å². The normalized spacial score (nSPS) is 15.5. The molecule has 2 aromatic carbocycles. The first-order valence-electron chi connectivity index (χ1n) is 9.45. The first-order chi connectivity index (χ1) is 13.9. The number of nitrogens with one attached hydrogen (secondary N) is 1. The first-order valence-corrected chi connectivity index (χ1v) is 10.6. The van der Waals surface area contributed by atoms with Gasteiger partial charge in [0.25, 0.3) is 0 Å². The van der Waals surface area contributed by atoms with Crippen molar-refractivity contribution in [1.82, 2.24) is 15.1 Å². The lowest BCUT2D eigenvalue weighted by Gasteiger charge is -2.27. The molecular formula is C22H21BrClN3O2. The number of aryl methyl sites for hydroxylation is 1. The summed E-state index contributed by atoms with van der Waals surface area (Å²) in [6.45, 7) is 4.51. The molecule has 1 aliphatic rings. The van der Waals surface area contributed by atoms with E-state index in [1.807, 2.05) is 61.0 Å². The van der Waals surface area contributed by atoms with Crippen LogP contribution in [0.25, 0.3) is 5.69 Å². The average Bonchev–Trinajstić information content (AvgIpc) is 2.97. The molecule has 5 nitrogen and oxygen atoms in total. The highest BCUT2D eigenvalue weighted by Crippen LogP contribution is 2.34. The lowest BCUT2D eigenvalue weighted by molar-refractivity contribution is -0.121. The maximum absolute atomic E-state index is 12.9. The van der Waals surface area contributed by atoms with Gasteiger partial charge in [0, 0.05) is 32.7 Å². The van der Waals surface area contributed by atoms with Crippen LogP contribution >= 0.6 is 27.5 Å². The van der Waals surface area contributed by atoms with Crippen molar-refractivity contribution < 1.29 is 9.53 Å². The number of carbonyl (C=O) groups is 1. The second-order valence-corrected chi connectivity index (χ2v) is 8.51. The number of benzene rings is 2. The molecule has 0 bridgehead atoms. The topological polar surface area (TPSA) is 56.2 Å². The summed E-state index contributed by atoms with van der Waals surface area (Å²) in [7, 11) is 0. The molecule has 7 heteroatoms. The van der Waals surface area contributed by atoms with Crippen molar-refractivity contribution in [3.8, 4) is 11.4 Å². The van der Waals surface area contributed by atoms with Crippen molar-refractivity contribution in [2.45, 2.75) is 32.7 Å². The molecular weight excluding hydrogens is 454 g/mol. The summed E-state index contributed by atoms with van der Waals surface area (Å²) in [5, 5.41) is 8.47. The predicted octanol–water partition coefficient (Wildman–Crippen LogP) is 5.09. The van der Waals surface area contributed by atoms with E-state index in [1.165, 1.54) is 0 Å². The molecule has 4 rings (SSSR count). The van der Waals surface area contributed by atoms with Crippen LogP contribution in [0.5, 0.6) is 5.75 Å². The smallest absolute Gasteiger partial charge is 0.225 e. The van der Waals surface area contributed by atoms with Gasteiger partial charge in [0.1, 0.15) is 5.75 Å². The molecule has 1 aromatic heterocycles. The third-order valence-electron chi connectivity index (χ3n) is 5.20. The first kappa shape index (κ1) is 20.0. The number of nitrogens with zero attached hydrogens (tertiary/aromatic N) is 2. The second kappa shape index (κ2) is 8.20. The van der Waals surface area contributed by atoms with Crippen LogP contribution in [0.1, 0.15) is 35.0 Å². The molecule has 0 saturated heterocycles. The predicted molar refractivity (Wildman–Crippen MR) is 117 cm³/mol. The molecule has 3 aromatic rings. The highest BCUT2D eigenvalue weighted by molar-refractivity contribution is 9.10. The molecule has 0 aliphatic carbocycles. The van der Waals surface area contributed by atoms with Crippen LogP contribution in [0.3, 0.4) is 0 Å². The Morgan fingerprint density at radius 2 is 2.03 bits per heavy atom. The van der Waals surface area contributed by atoms with E-state index >= 15 is 0 Å². The minimum Gasteiger partial charge on any atom is -0.493 e. The molecule has 1 atom stereocenters. The summed E-state index contributed by atoms with van der Waals surface area (Å²) in [5.41, 5.74) is 4.67. The Hall–Kier alpha value is -2.31. The number of fused-ring (bicyclic) bond motifs is 1. The van der Waals surface area contributed by atoms with Crippen molar-refractivity contribution in [3.63, 3.8) is 0 Å². The molecule has 0 spiro atoms. The van der Waals surface area contributed by atoms with Crippen LogP contribution < -0.4 is 10.1 Å². The summed E-state index contributed by atoms with van der Waals surface area (Å²) < 4.78 is 8.54. The minimum atomic E-state index is -0.0596. The van der Waals surface area contributed by atoms with Gasteiger partial charge in [-0.3, -0.25) is 4.79 Å². The molecule has 1 unspecified atom stereocenters. The zero-order chi connectivity index (χ0) is 20.5. The summed E-state index contributed by atoms with van der Waals surface area (Å²) in [5.74, 6) is 0.803. The van der Waals surface area contributed by atoms with E-state index in [-0.39, 0.29) is 18.4 Å². The monoisotopic (exact) mass is 473 g/mol. The molecule has 1 aliphatic heterocycles. The highest BCUT2D eigenvalue weighted by Gasteiger charge is 2.24. The van der Waals surface area contributed by atoms with Gasteiger partial charge in [-0.25, -0.2) is 4.68 Å². The maximum Gasteiger partial charge on any atom is 0.225 e. The van der Waals surface area contributed by atoms with Crippen LogP contribution in [0.15, 0.2) is 46.9 Å². The lowest BCUT2D eigenvalue weighted by atomic mass is 10.00. The number of hydrogen-bond acceptors (Lipinski definition) is 3. The van der Waals surface area contributed by atoms with Gasteiger partial charge >= 0.3 is 0 Å². The molecule has 0 fully saturated rings. The van der Waals surface area contributed by atoms with Gasteiger partial charge < -0.3 is 10.1 Å². The van der Waals surface area contributed by atoms with E-state index in [2.05, 4.69) is 26.3 Å². The van der Waals surface area contributed by atoms with Crippen LogP contribution in [-0.4, -0.2) is 22.3 Å². The number of amides is 1. The number of ether oxygens (including phenoxy) is 1. The second-order valence-electron chi connectivity index (χ2n) is 7.15. The quantitative estimate of drug-likeness (QED) is 0.573. The third kappa shape index (κ3) is 4.19. The standard InChI is InChI=1S/C22H21BrClN3O2/c1-13-18(14(2)27(26-13)17-6-4-16(24)5-7-17)12-22(28)25-20-9-10-29-21-8-3-15(23)11-19(20)21/h3-8,11,20H,9-10,12H2,1-2H3,(H,25,28). The Labute approximate surface area is 183 Å². The number of aromatic nitrogens is 2. The van der Waals surface area contributed by atoms with E-state index in [1.54, 1.807) is 0 Å². The zero-order valence-corrected chi connectivity index (χ0v) is 18.5. The Kier molecular flexibility index (Phi) is 5.65. The van der Waals surface area contributed by atoms with Crippen molar-refractivity contribution >= 4 is 33.4 Å². The fraction of sp³-hybridized carbons (Fsp3) is 0.273. The summed E-state index contributed by atoms with van der Waals surface area (Å²) in [6, 6.07) is 13.3. The maximum atomic E-state index is 12.9. The largest absolute Gasteiger partial charge is 0.493 e. The fourth-order valence-electron chi connectivity index (χ4n) is 3.69. The minimum absolute atomic E-state index is 0.0234. The van der Waals surface area contributed by atoms with Crippen molar-refractivity contribution in [2.24, 2.45) is 0 Å². The van der Waals surface area contributed by atoms with E-state index in [0.29, 0.717) is 11.6 Å². The van der Waals surface area contributed by atoms with Gasteiger partial charge in [-0.15, -0.1) is 0 Å².